The van der Waals surface area contributed by atoms with Gasteiger partial charge in [-0.1, -0.05) is 50.2 Å². The van der Waals surface area contributed by atoms with Gasteiger partial charge in [0.2, 0.25) is 10.0 Å². The molecular formula is C29H29FN2O5S. The summed E-state index contributed by atoms with van der Waals surface area (Å²) in [6.07, 6.45) is 1.59. The Labute approximate surface area is 221 Å². The lowest BCUT2D eigenvalue weighted by Crippen LogP contribution is -2.39. The molecule has 1 aliphatic heterocycles. The molecule has 3 aromatic carbocycles. The highest BCUT2D eigenvalue weighted by atomic mass is 32.2. The number of carbonyl (C=O) groups excluding carboxylic acids is 1. The number of aromatic hydroxyl groups is 1. The molecule has 0 bridgehead atoms. The van der Waals surface area contributed by atoms with Gasteiger partial charge >= 0.3 is 0 Å². The lowest BCUT2D eigenvalue weighted by molar-refractivity contribution is -0.118. The summed E-state index contributed by atoms with van der Waals surface area (Å²) in [7, 11) is -4.05. The highest BCUT2D eigenvalue weighted by Crippen LogP contribution is 2.51. The SMILES string of the molecule is CC1(C)CC(=O)C2=C(C1)Nc1c(O)cccc1N(S(C)(=O)=O)C2c1ccc(OCc2ccccc2)cc1F. The van der Waals surface area contributed by atoms with Gasteiger partial charge in [0.1, 0.15) is 35.7 Å². The topological polar surface area (TPSA) is 95.9 Å². The number of anilines is 2. The number of nitrogens with one attached hydrogen (secondary N) is 1. The molecule has 7 nitrogen and oxygen atoms in total. The average Bonchev–Trinajstić information content (AvgIpc) is 2.98. The molecule has 0 amide bonds. The number of phenols is 1. The Bertz CT molecular complexity index is 1550. The minimum Gasteiger partial charge on any atom is -0.506 e. The van der Waals surface area contributed by atoms with Crippen LogP contribution in [0.4, 0.5) is 15.8 Å². The number of para-hydroxylation sites is 1. The van der Waals surface area contributed by atoms with Crippen LogP contribution in [0.3, 0.4) is 0 Å². The Kier molecular flexibility index (Phi) is 6.43. The second-order valence-electron chi connectivity index (χ2n) is 10.5. The van der Waals surface area contributed by atoms with E-state index in [9.17, 15) is 18.3 Å². The number of ether oxygens (including phenoxy) is 1. The molecular weight excluding hydrogens is 507 g/mol. The predicted octanol–water partition coefficient (Wildman–Crippen LogP) is 5.69. The first-order valence-corrected chi connectivity index (χ1v) is 14.1. The Morgan fingerprint density at radius 3 is 2.50 bits per heavy atom. The third-order valence-corrected chi connectivity index (χ3v) is 7.96. The largest absolute Gasteiger partial charge is 0.506 e. The summed E-state index contributed by atoms with van der Waals surface area (Å²) in [5.74, 6) is -0.887. The number of fused-ring (bicyclic) bond motifs is 1. The number of halogens is 1. The molecule has 0 saturated carbocycles. The van der Waals surface area contributed by atoms with Crippen molar-refractivity contribution in [1.29, 1.82) is 0 Å². The molecule has 1 unspecified atom stereocenters. The molecule has 1 atom stereocenters. The van der Waals surface area contributed by atoms with Gasteiger partial charge in [-0.05, 0) is 41.7 Å². The van der Waals surface area contributed by atoms with Gasteiger partial charge in [-0.15, -0.1) is 0 Å². The fourth-order valence-corrected chi connectivity index (χ4v) is 6.33. The lowest BCUT2D eigenvalue weighted by atomic mass is 9.73. The van der Waals surface area contributed by atoms with Crippen molar-refractivity contribution in [3.63, 3.8) is 0 Å². The van der Waals surface area contributed by atoms with E-state index in [1.165, 1.54) is 30.3 Å². The highest BCUT2D eigenvalue weighted by molar-refractivity contribution is 7.92. The molecule has 0 radical (unpaired) electrons. The van der Waals surface area contributed by atoms with Crippen molar-refractivity contribution in [3.8, 4) is 11.5 Å². The van der Waals surface area contributed by atoms with Crippen molar-refractivity contribution in [2.24, 2.45) is 5.41 Å². The zero-order chi connectivity index (χ0) is 27.2. The van der Waals surface area contributed by atoms with Crippen LogP contribution in [0.15, 0.2) is 78.0 Å². The smallest absolute Gasteiger partial charge is 0.233 e. The zero-order valence-corrected chi connectivity index (χ0v) is 22.2. The van der Waals surface area contributed by atoms with Crippen molar-refractivity contribution < 1.29 is 27.4 Å². The molecule has 0 fully saturated rings. The second kappa shape index (κ2) is 9.47. The third kappa shape index (κ3) is 4.86. The molecule has 5 rings (SSSR count). The Morgan fingerprint density at radius 1 is 1.08 bits per heavy atom. The maximum Gasteiger partial charge on any atom is 0.233 e. The number of nitrogens with zero attached hydrogens (tertiary/aromatic N) is 1. The van der Waals surface area contributed by atoms with E-state index in [1.807, 2.05) is 44.2 Å². The number of sulfonamides is 1. The maximum atomic E-state index is 15.8. The molecule has 1 heterocycles. The van der Waals surface area contributed by atoms with Crippen LogP contribution in [0.2, 0.25) is 0 Å². The van der Waals surface area contributed by atoms with Gasteiger partial charge in [0, 0.05) is 29.3 Å². The first-order chi connectivity index (χ1) is 17.9. The van der Waals surface area contributed by atoms with Gasteiger partial charge in [-0.25, -0.2) is 12.8 Å². The summed E-state index contributed by atoms with van der Waals surface area (Å²) >= 11 is 0. The number of phenolic OH excluding ortho intramolecular Hbond substituents is 1. The van der Waals surface area contributed by atoms with Crippen LogP contribution in [0.1, 0.15) is 43.9 Å². The Hall–Kier alpha value is -3.85. The van der Waals surface area contributed by atoms with E-state index in [1.54, 1.807) is 6.07 Å². The molecule has 2 N–H and O–H groups in total. The number of allylic oxidation sites excluding steroid dienone is 1. The lowest BCUT2D eigenvalue weighted by Gasteiger charge is -2.37. The number of carbonyl (C=O) groups is 1. The summed E-state index contributed by atoms with van der Waals surface area (Å²) in [4.78, 5) is 13.6. The molecule has 0 spiro atoms. The van der Waals surface area contributed by atoms with E-state index >= 15 is 4.39 Å². The van der Waals surface area contributed by atoms with Crippen LogP contribution in [-0.4, -0.2) is 25.6 Å². The predicted molar refractivity (Wildman–Crippen MR) is 144 cm³/mol. The number of rotatable bonds is 5. The van der Waals surface area contributed by atoms with E-state index in [-0.39, 0.29) is 52.8 Å². The van der Waals surface area contributed by atoms with Gasteiger partial charge in [0.15, 0.2) is 5.78 Å². The van der Waals surface area contributed by atoms with Crippen LogP contribution in [-0.2, 0) is 21.4 Å². The number of Topliss-reactive ketones (excluding diaryl/α,β-unsaturated/α-hetero) is 1. The maximum absolute atomic E-state index is 15.8. The quantitative estimate of drug-likeness (QED) is 0.407. The van der Waals surface area contributed by atoms with E-state index in [0.29, 0.717) is 12.1 Å². The third-order valence-electron chi connectivity index (χ3n) is 6.83. The molecule has 198 valence electrons. The van der Waals surface area contributed by atoms with Crippen molar-refractivity contribution in [3.05, 3.63) is 94.9 Å². The highest BCUT2D eigenvalue weighted by Gasteiger charge is 2.45. The Balaban J connectivity index is 1.66. The van der Waals surface area contributed by atoms with Gasteiger partial charge in [0.25, 0.3) is 0 Å². The van der Waals surface area contributed by atoms with Crippen molar-refractivity contribution in [2.45, 2.75) is 39.3 Å². The minimum atomic E-state index is -4.05. The van der Waals surface area contributed by atoms with Crippen LogP contribution < -0.4 is 14.4 Å². The fourth-order valence-electron chi connectivity index (χ4n) is 5.22. The number of hydrogen-bond acceptors (Lipinski definition) is 6. The number of ketones is 1. The second-order valence-corrected chi connectivity index (χ2v) is 12.4. The normalized spacial score (nSPS) is 18.8. The minimum absolute atomic E-state index is 0.0148. The fraction of sp³-hybridized carbons (Fsp3) is 0.276. The summed E-state index contributed by atoms with van der Waals surface area (Å²) in [6, 6.07) is 16.9. The molecule has 1 aliphatic carbocycles. The molecule has 3 aromatic rings. The molecule has 0 aromatic heterocycles. The van der Waals surface area contributed by atoms with Crippen LogP contribution in [0, 0.1) is 11.2 Å². The van der Waals surface area contributed by atoms with E-state index in [2.05, 4.69) is 5.32 Å². The summed E-state index contributed by atoms with van der Waals surface area (Å²) in [5.41, 5.74) is 1.43. The van der Waals surface area contributed by atoms with E-state index in [0.717, 1.165) is 16.1 Å². The standard InChI is InChI=1S/C29H29FN2O5S/c1-29(2)15-22-26(25(34)16-29)28(32(38(3,35)36)23-10-7-11-24(33)27(23)31-22)20-13-12-19(14-21(20)30)37-17-18-8-5-4-6-9-18/h4-14,28,31,33H,15-17H2,1-3H3. The summed E-state index contributed by atoms with van der Waals surface area (Å²) in [6.45, 7) is 4.11. The molecule has 38 heavy (non-hydrogen) atoms. The Morgan fingerprint density at radius 2 is 1.82 bits per heavy atom. The molecule has 0 saturated heterocycles. The summed E-state index contributed by atoms with van der Waals surface area (Å²) < 4.78 is 49.2. The summed E-state index contributed by atoms with van der Waals surface area (Å²) in [5, 5.41) is 13.8. The average molecular weight is 537 g/mol. The molecule has 9 heteroatoms. The van der Waals surface area contributed by atoms with Crippen molar-refractivity contribution in [2.75, 3.05) is 15.9 Å². The van der Waals surface area contributed by atoms with Gasteiger partial charge in [-0.2, -0.15) is 0 Å². The number of hydrogen-bond donors (Lipinski definition) is 2. The monoisotopic (exact) mass is 536 g/mol. The van der Waals surface area contributed by atoms with E-state index in [4.69, 9.17) is 4.74 Å². The van der Waals surface area contributed by atoms with Gasteiger partial charge in [-0.3, -0.25) is 9.10 Å². The van der Waals surface area contributed by atoms with Crippen LogP contribution in [0.25, 0.3) is 0 Å². The zero-order valence-electron chi connectivity index (χ0n) is 21.4. The van der Waals surface area contributed by atoms with Crippen LogP contribution in [0.5, 0.6) is 11.5 Å². The molecule has 2 aliphatic rings. The first kappa shape index (κ1) is 25.8. The van der Waals surface area contributed by atoms with Crippen molar-refractivity contribution in [1.82, 2.24) is 0 Å². The number of benzene rings is 3. The first-order valence-electron chi connectivity index (χ1n) is 12.3. The van der Waals surface area contributed by atoms with Gasteiger partial charge in [0.05, 0.1) is 11.9 Å². The van der Waals surface area contributed by atoms with E-state index < -0.39 is 27.3 Å². The van der Waals surface area contributed by atoms with Crippen molar-refractivity contribution >= 4 is 27.2 Å². The van der Waals surface area contributed by atoms with Crippen LogP contribution >= 0.6 is 0 Å². The van der Waals surface area contributed by atoms with Gasteiger partial charge < -0.3 is 15.2 Å².